The van der Waals surface area contributed by atoms with E-state index < -0.39 is 0 Å². The minimum absolute atomic E-state index is 0.0353. The van der Waals surface area contributed by atoms with E-state index in [0.29, 0.717) is 19.5 Å². The molecule has 0 heterocycles. The smallest absolute Gasteiger partial charge is 0.221 e. The van der Waals surface area contributed by atoms with Crippen LogP contribution < -0.4 is 15.8 Å². The summed E-state index contributed by atoms with van der Waals surface area (Å²) in [5.74, 6) is 0.781. The Bertz CT molecular complexity index is 349. The lowest BCUT2D eigenvalue weighted by Gasteiger charge is -2.15. The highest BCUT2D eigenvalue weighted by molar-refractivity contribution is 5.76. The molecule has 0 aromatic heterocycles. The fraction of sp³-hybridized carbons (Fsp3) is 0.462. The van der Waals surface area contributed by atoms with E-state index in [-0.39, 0.29) is 12.0 Å². The molecular formula is C13H20N2O2. The maximum atomic E-state index is 11.2. The summed E-state index contributed by atoms with van der Waals surface area (Å²) in [4.78, 5) is 11.2. The van der Waals surface area contributed by atoms with Gasteiger partial charge in [-0.25, -0.2) is 0 Å². The first-order chi connectivity index (χ1) is 8.11. The Labute approximate surface area is 102 Å². The summed E-state index contributed by atoms with van der Waals surface area (Å²) in [7, 11) is 0. The van der Waals surface area contributed by atoms with Crippen LogP contribution in [0.5, 0.6) is 5.75 Å². The van der Waals surface area contributed by atoms with Gasteiger partial charge < -0.3 is 15.8 Å². The Morgan fingerprint density at radius 2 is 2.06 bits per heavy atom. The van der Waals surface area contributed by atoms with Crippen LogP contribution in [0.1, 0.15) is 18.9 Å². The zero-order valence-electron chi connectivity index (χ0n) is 10.4. The summed E-state index contributed by atoms with van der Waals surface area (Å²) in [5, 5.41) is 2.77. The van der Waals surface area contributed by atoms with Gasteiger partial charge in [0.15, 0.2) is 0 Å². The van der Waals surface area contributed by atoms with Crippen LogP contribution in [0.25, 0.3) is 0 Å². The number of nitrogens with two attached hydrogens (primary N) is 1. The average molecular weight is 236 g/mol. The molecule has 0 aliphatic rings. The molecule has 17 heavy (non-hydrogen) atoms. The SMILES string of the molecule is Cc1ccc(OC(C)CNC(=O)CCN)cc1. The molecule has 0 fully saturated rings. The second-order valence-electron chi connectivity index (χ2n) is 4.08. The Kier molecular flexibility index (Phi) is 5.49. The summed E-state index contributed by atoms with van der Waals surface area (Å²) in [5.41, 5.74) is 6.48. The molecule has 1 unspecified atom stereocenters. The summed E-state index contributed by atoms with van der Waals surface area (Å²) >= 11 is 0. The third-order valence-electron chi connectivity index (χ3n) is 2.32. The number of nitrogens with one attached hydrogen (secondary N) is 1. The fourth-order valence-corrected chi connectivity index (χ4v) is 1.37. The minimum Gasteiger partial charge on any atom is -0.489 e. The van der Waals surface area contributed by atoms with Gasteiger partial charge in [0.2, 0.25) is 5.91 Å². The highest BCUT2D eigenvalue weighted by Gasteiger charge is 2.06. The number of carbonyl (C=O) groups excluding carboxylic acids is 1. The second kappa shape index (κ2) is 6.91. The first-order valence-electron chi connectivity index (χ1n) is 5.82. The lowest BCUT2D eigenvalue weighted by molar-refractivity contribution is -0.121. The van der Waals surface area contributed by atoms with E-state index in [2.05, 4.69) is 5.32 Å². The van der Waals surface area contributed by atoms with Gasteiger partial charge in [-0.1, -0.05) is 17.7 Å². The van der Waals surface area contributed by atoms with Crippen molar-refractivity contribution >= 4 is 5.91 Å². The number of hydrogen-bond donors (Lipinski definition) is 2. The molecule has 1 rings (SSSR count). The maximum absolute atomic E-state index is 11.2. The highest BCUT2D eigenvalue weighted by atomic mass is 16.5. The molecule has 0 saturated heterocycles. The average Bonchev–Trinajstić information content (AvgIpc) is 2.30. The zero-order chi connectivity index (χ0) is 12.7. The summed E-state index contributed by atoms with van der Waals surface area (Å²) < 4.78 is 5.65. The molecule has 1 atom stereocenters. The minimum atomic E-state index is -0.0561. The number of amides is 1. The van der Waals surface area contributed by atoms with E-state index in [0.717, 1.165) is 5.75 Å². The molecule has 1 amide bonds. The molecule has 94 valence electrons. The molecular weight excluding hydrogens is 216 g/mol. The van der Waals surface area contributed by atoms with Gasteiger partial charge in [-0.05, 0) is 26.0 Å². The molecule has 4 heteroatoms. The second-order valence-corrected chi connectivity index (χ2v) is 4.08. The fourth-order valence-electron chi connectivity index (χ4n) is 1.37. The third-order valence-corrected chi connectivity index (χ3v) is 2.32. The van der Waals surface area contributed by atoms with Crippen LogP contribution in [-0.4, -0.2) is 25.1 Å². The van der Waals surface area contributed by atoms with E-state index in [9.17, 15) is 4.79 Å². The van der Waals surface area contributed by atoms with Gasteiger partial charge in [0.05, 0.1) is 6.54 Å². The van der Waals surface area contributed by atoms with Gasteiger partial charge >= 0.3 is 0 Å². The standard InChI is InChI=1S/C13H20N2O2/c1-10-3-5-12(6-4-10)17-11(2)9-15-13(16)7-8-14/h3-6,11H,7-9,14H2,1-2H3,(H,15,16). The van der Waals surface area contributed by atoms with Gasteiger partial charge in [-0.15, -0.1) is 0 Å². The number of benzene rings is 1. The zero-order valence-corrected chi connectivity index (χ0v) is 10.4. The van der Waals surface area contributed by atoms with Crippen LogP contribution in [-0.2, 0) is 4.79 Å². The van der Waals surface area contributed by atoms with Crippen molar-refractivity contribution in [3.8, 4) is 5.75 Å². The molecule has 0 aliphatic heterocycles. The molecule has 0 spiro atoms. The Morgan fingerprint density at radius 1 is 1.41 bits per heavy atom. The largest absolute Gasteiger partial charge is 0.489 e. The third kappa shape index (κ3) is 5.36. The summed E-state index contributed by atoms with van der Waals surface area (Å²) in [6, 6.07) is 7.84. The Balaban J connectivity index is 2.31. The Morgan fingerprint density at radius 3 is 2.65 bits per heavy atom. The lowest BCUT2D eigenvalue weighted by atomic mass is 10.2. The Hall–Kier alpha value is -1.55. The first-order valence-corrected chi connectivity index (χ1v) is 5.82. The van der Waals surface area contributed by atoms with Crippen LogP contribution in [0.2, 0.25) is 0 Å². The van der Waals surface area contributed by atoms with E-state index in [1.165, 1.54) is 5.56 Å². The number of hydrogen-bond acceptors (Lipinski definition) is 3. The van der Waals surface area contributed by atoms with Crippen molar-refractivity contribution in [2.45, 2.75) is 26.4 Å². The number of rotatable bonds is 6. The topological polar surface area (TPSA) is 64.3 Å². The van der Waals surface area contributed by atoms with Crippen molar-refractivity contribution in [1.82, 2.24) is 5.32 Å². The predicted molar refractivity (Wildman–Crippen MR) is 68.0 cm³/mol. The number of ether oxygens (including phenoxy) is 1. The van der Waals surface area contributed by atoms with Crippen molar-refractivity contribution in [1.29, 1.82) is 0 Å². The summed E-state index contributed by atoms with van der Waals surface area (Å²) in [6.45, 7) is 4.81. The van der Waals surface area contributed by atoms with E-state index >= 15 is 0 Å². The normalized spacial score (nSPS) is 11.9. The molecule has 0 radical (unpaired) electrons. The monoisotopic (exact) mass is 236 g/mol. The van der Waals surface area contributed by atoms with Crippen LogP contribution >= 0.6 is 0 Å². The predicted octanol–water partition coefficient (Wildman–Crippen LogP) is 1.23. The van der Waals surface area contributed by atoms with Crippen LogP contribution in [0.3, 0.4) is 0 Å². The van der Waals surface area contributed by atoms with E-state index in [4.69, 9.17) is 10.5 Å². The molecule has 1 aromatic rings. The van der Waals surface area contributed by atoms with E-state index in [1.807, 2.05) is 38.1 Å². The first kappa shape index (κ1) is 13.5. The van der Waals surface area contributed by atoms with Crippen LogP contribution in [0.15, 0.2) is 24.3 Å². The van der Waals surface area contributed by atoms with Gasteiger partial charge in [0.25, 0.3) is 0 Å². The quantitative estimate of drug-likeness (QED) is 0.780. The molecule has 3 N–H and O–H groups in total. The van der Waals surface area contributed by atoms with E-state index in [1.54, 1.807) is 0 Å². The van der Waals surface area contributed by atoms with Gasteiger partial charge in [-0.3, -0.25) is 4.79 Å². The van der Waals surface area contributed by atoms with Gasteiger partial charge in [0.1, 0.15) is 11.9 Å². The van der Waals surface area contributed by atoms with Crippen LogP contribution in [0.4, 0.5) is 0 Å². The summed E-state index contributed by atoms with van der Waals surface area (Å²) in [6.07, 6.45) is 0.302. The highest BCUT2D eigenvalue weighted by Crippen LogP contribution is 2.12. The van der Waals surface area contributed by atoms with Gasteiger partial charge in [0, 0.05) is 13.0 Å². The maximum Gasteiger partial charge on any atom is 0.221 e. The molecule has 1 aromatic carbocycles. The number of aryl methyl sites for hydroxylation is 1. The van der Waals surface area contributed by atoms with Crippen LogP contribution in [0, 0.1) is 6.92 Å². The van der Waals surface area contributed by atoms with Crippen molar-refractivity contribution < 1.29 is 9.53 Å². The number of carbonyl (C=O) groups is 1. The van der Waals surface area contributed by atoms with Crippen molar-refractivity contribution in [2.24, 2.45) is 5.73 Å². The molecule has 0 aliphatic carbocycles. The van der Waals surface area contributed by atoms with Crippen molar-refractivity contribution in [2.75, 3.05) is 13.1 Å². The lowest BCUT2D eigenvalue weighted by Crippen LogP contribution is -2.34. The molecule has 0 bridgehead atoms. The van der Waals surface area contributed by atoms with Crippen molar-refractivity contribution in [3.63, 3.8) is 0 Å². The molecule has 0 saturated carbocycles. The molecule has 4 nitrogen and oxygen atoms in total. The van der Waals surface area contributed by atoms with Gasteiger partial charge in [-0.2, -0.15) is 0 Å². The van der Waals surface area contributed by atoms with Crippen molar-refractivity contribution in [3.05, 3.63) is 29.8 Å².